The highest BCUT2D eigenvalue weighted by atomic mass is 35.5. The first-order valence-corrected chi connectivity index (χ1v) is 9.76. The molecule has 1 fully saturated rings. The van der Waals surface area contributed by atoms with Gasteiger partial charge >= 0.3 is 0 Å². The lowest BCUT2D eigenvalue weighted by Gasteiger charge is -2.24. The Balaban J connectivity index is 1.86. The molecule has 0 amide bonds. The van der Waals surface area contributed by atoms with Crippen LogP contribution in [0.2, 0.25) is 5.02 Å². The lowest BCUT2D eigenvalue weighted by molar-refractivity contribution is 0.351. The van der Waals surface area contributed by atoms with Gasteiger partial charge in [-0.25, -0.2) is 0 Å². The molecule has 2 heterocycles. The molecule has 0 atom stereocenters. The van der Waals surface area contributed by atoms with Gasteiger partial charge in [-0.3, -0.25) is 13.8 Å². The van der Waals surface area contributed by atoms with Crippen molar-refractivity contribution in [3.8, 4) is 11.4 Å². The molecule has 1 saturated carbocycles. The number of hydrogen-bond acceptors (Lipinski definition) is 3. The molecule has 0 saturated heterocycles. The summed E-state index contributed by atoms with van der Waals surface area (Å²) >= 11 is 6.05. The van der Waals surface area contributed by atoms with Crippen LogP contribution in [0, 0.1) is 0 Å². The quantitative estimate of drug-likeness (QED) is 0.500. The molecule has 136 valence electrons. The first-order valence-electron chi connectivity index (χ1n) is 9.38. The van der Waals surface area contributed by atoms with Gasteiger partial charge in [0.25, 0.3) is 5.56 Å². The summed E-state index contributed by atoms with van der Waals surface area (Å²) in [6.07, 6.45) is 5.55. The first-order chi connectivity index (χ1) is 13.2. The van der Waals surface area contributed by atoms with Crippen LogP contribution < -0.4 is 5.56 Å². The fraction of sp³-hybridized carbons (Fsp3) is 0.286. The standard InChI is InChI=1S/C21H19ClN4O/c22-15-12-10-14(11-13-15)19-23-24-21-25(16-6-2-1-3-7-16)20(27)17-8-4-5-9-18(17)26(19)21/h4-5,8-13,16H,1-3,6-7H2. The van der Waals surface area contributed by atoms with Crippen LogP contribution in [0.5, 0.6) is 0 Å². The number of aromatic nitrogens is 4. The van der Waals surface area contributed by atoms with Gasteiger partial charge in [0.2, 0.25) is 5.78 Å². The smallest absolute Gasteiger partial charge is 0.263 e. The van der Waals surface area contributed by atoms with E-state index in [4.69, 9.17) is 11.6 Å². The van der Waals surface area contributed by atoms with E-state index in [1.165, 1.54) is 6.42 Å². The van der Waals surface area contributed by atoms with Gasteiger partial charge in [-0.05, 0) is 49.2 Å². The van der Waals surface area contributed by atoms with Crippen LogP contribution >= 0.6 is 11.6 Å². The zero-order valence-corrected chi connectivity index (χ0v) is 15.6. The zero-order valence-electron chi connectivity index (χ0n) is 14.8. The van der Waals surface area contributed by atoms with Crippen LogP contribution in [0.1, 0.15) is 38.1 Å². The summed E-state index contributed by atoms with van der Waals surface area (Å²) in [4.78, 5) is 13.3. The minimum Gasteiger partial charge on any atom is -0.273 e. The molecule has 4 aromatic rings. The Labute approximate surface area is 161 Å². The van der Waals surface area contributed by atoms with Crippen molar-refractivity contribution in [2.45, 2.75) is 38.1 Å². The molecule has 0 bridgehead atoms. The second-order valence-corrected chi connectivity index (χ2v) is 7.59. The largest absolute Gasteiger partial charge is 0.273 e. The van der Waals surface area contributed by atoms with Crippen LogP contribution in [-0.2, 0) is 0 Å². The molecule has 27 heavy (non-hydrogen) atoms. The summed E-state index contributed by atoms with van der Waals surface area (Å²) in [6.45, 7) is 0. The van der Waals surface area contributed by atoms with E-state index < -0.39 is 0 Å². The number of halogens is 1. The second-order valence-electron chi connectivity index (χ2n) is 7.15. The highest BCUT2D eigenvalue weighted by Gasteiger charge is 2.23. The van der Waals surface area contributed by atoms with Crippen molar-refractivity contribution >= 4 is 28.3 Å². The number of rotatable bonds is 2. The topological polar surface area (TPSA) is 52.2 Å². The maximum absolute atomic E-state index is 13.3. The molecule has 6 heteroatoms. The van der Waals surface area contributed by atoms with Crippen LogP contribution in [0.3, 0.4) is 0 Å². The van der Waals surface area contributed by atoms with Gasteiger partial charge in [0.05, 0.1) is 10.9 Å². The highest BCUT2D eigenvalue weighted by Crippen LogP contribution is 2.30. The van der Waals surface area contributed by atoms with Crippen molar-refractivity contribution in [3.63, 3.8) is 0 Å². The Morgan fingerprint density at radius 1 is 0.926 bits per heavy atom. The van der Waals surface area contributed by atoms with Crippen molar-refractivity contribution in [2.24, 2.45) is 0 Å². The zero-order chi connectivity index (χ0) is 18.4. The van der Waals surface area contributed by atoms with E-state index >= 15 is 0 Å². The molecule has 0 radical (unpaired) electrons. The van der Waals surface area contributed by atoms with E-state index in [-0.39, 0.29) is 11.6 Å². The van der Waals surface area contributed by atoms with E-state index in [0.29, 0.717) is 16.2 Å². The molecule has 5 rings (SSSR count). The normalized spacial score (nSPS) is 15.6. The average Bonchev–Trinajstić information content (AvgIpc) is 3.14. The molecular formula is C21H19ClN4O. The number of nitrogens with zero attached hydrogens (tertiary/aromatic N) is 4. The van der Waals surface area contributed by atoms with Crippen molar-refractivity contribution in [1.82, 2.24) is 19.2 Å². The third kappa shape index (κ3) is 2.65. The van der Waals surface area contributed by atoms with Crippen LogP contribution in [-0.4, -0.2) is 19.2 Å². The van der Waals surface area contributed by atoms with Crippen LogP contribution in [0.4, 0.5) is 0 Å². The number of hydrogen-bond donors (Lipinski definition) is 0. The molecule has 1 aliphatic carbocycles. The summed E-state index contributed by atoms with van der Waals surface area (Å²) < 4.78 is 3.88. The Morgan fingerprint density at radius 2 is 1.67 bits per heavy atom. The number of para-hydroxylation sites is 1. The van der Waals surface area contributed by atoms with Crippen LogP contribution in [0.25, 0.3) is 28.1 Å². The molecular weight excluding hydrogens is 360 g/mol. The summed E-state index contributed by atoms with van der Waals surface area (Å²) in [7, 11) is 0. The minimum atomic E-state index is 0.0278. The van der Waals surface area contributed by atoms with Crippen LogP contribution in [0.15, 0.2) is 53.3 Å². The molecule has 2 aromatic heterocycles. The molecule has 1 aliphatic rings. The molecule has 0 aliphatic heterocycles. The molecule has 0 N–H and O–H groups in total. The highest BCUT2D eigenvalue weighted by molar-refractivity contribution is 6.30. The first kappa shape index (κ1) is 16.5. The van der Waals surface area contributed by atoms with E-state index in [0.717, 1.165) is 42.6 Å². The van der Waals surface area contributed by atoms with Gasteiger partial charge in [0.1, 0.15) is 0 Å². The van der Waals surface area contributed by atoms with Gasteiger partial charge in [0, 0.05) is 16.6 Å². The average molecular weight is 379 g/mol. The maximum atomic E-state index is 13.3. The van der Waals surface area contributed by atoms with Gasteiger partial charge in [-0.1, -0.05) is 43.0 Å². The van der Waals surface area contributed by atoms with Crippen molar-refractivity contribution in [1.29, 1.82) is 0 Å². The summed E-state index contributed by atoms with van der Waals surface area (Å²) in [5, 5.41) is 10.3. The second kappa shape index (κ2) is 6.50. The van der Waals surface area contributed by atoms with Gasteiger partial charge in [-0.2, -0.15) is 0 Å². The lowest BCUT2D eigenvalue weighted by Crippen LogP contribution is -2.28. The predicted molar refractivity (Wildman–Crippen MR) is 107 cm³/mol. The summed E-state index contributed by atoms with van der Waals surface area (Å²) in [5.41, 5.74) is 1.78. The van der Waals surface area contributed by atoms with Crippen molar-refractivity contribution < 1.29 is 0 Å². The molecule has 0 spiro atoms. The third-order valence-corrected chi connectivity index (χ3v) is 5.75. The molecule has 0 unspecified atom stereocenters. The molecule has 2 aromatic carbocycles. The van der Waals surface area contributed by atoms with Gasteiger partial charge in [0.15, 0.2) is 5.82 Å². The summed E-state index contributed by atoms with van der Waals surface area (Å²) in [5.74, 6) is 1.35. The number of fused-ring (bicyclic) bond motifs is 3. The van der Waals surface area contributed by atoms with Crippen molar-refractivity contribution in [3.05, 3.63) is 63.9 Å². The summed E-state index contributed by atoms with van der Waals surface area (Å²) in [6, 6.07) is 15.4. The Bertz CT molecular complexity index is 1190. The fourth-order valence-corrected chi connectivity index (χ4v) is 4.30. The Morgan fingerprint density at radius 3 is 2.44 bits per heavy atom. The Hall–Kier alpha value is -2.66. The predicted octanol–water partition coefficient (Wildman–Crippen LogP) is 4.87. The van der Waals surface area contributed by atoms with Crippen molar-refractivity contribution in [2.75, 3.05) is 0 Å². The third-order valence-electron chi connectivity index (χ3n) is 5.50. The van der Waals surface area contributed by atoms with Gasteiger partial charge < -0.3 is 0 Å². The number of benzene rings is 2. The molecule has 5 nitrogen and oxygen atoms in total. The van der Waals surface area contributed by atoms with E-state index in [1.807, 2.05) is 57.5 Å². The maximum Gasteiger partial charge on any atom is 0.263 e. The monoisotopic (exact) mass is 378 g/mol. The van der Waals surface area contributed by atoms with E-state index in [9.17, 15) is 4.79 Å². The lowest BCUT2D eigenvalue weighted by atomic mass is 9.95. The van der Waals surface area contributed by atoms with E-state index in [2.05, 4.69) is 10.2 Å². The fourth-order valence-electron chi connectivity index (χ4n) is 4.18. The van der Waals surface area contributed by atoms with E-state index in [1.54, 1.807) is 0 Å². The minimum absolute atomic E-state index is 0.0278. The van der Waals surface area contributed by atoms with Gasteiger partial charge in [-0.15, -0.1) is 10.2 Å². The SMILES string of the molecule is O=c1c2ccccc2n2c(-c3ccc(Cl)cc3)nnc2n1C1CCCCC1. The Kier molecular flexibility index (Phi) is 3.97.